The highest BCUT2D eigenvalue weighted by Crippen LogP contribution is 2.22. The van der Waals surface area contributed by atoms with Gasteiger partial charge in [-0.25, -0.2) is 0 Å². The van der Waals surface area contributed by atoms with Crippen LogP contribution in [0.4, 0.5) is 5.69 Å². The highest BCUT2D eigenvalue weighted by Gasteiger charge is 2.09. The third-order valence-electron chi connectivity index (χ3n) is 1.49. The lowest BCUT2D eigenvalue weighted by Crippen LogP contribution is -1.95. The van der Waals surface area contributed by atoms with E-state index in [1.807, 2.05) is 12.1 Å². The van der Waals surface area contributed by atoms with Gasteiger partial charge in [-0.3, -0.25) is 5.21 Å². The third-order valence-corrected chi connectivity index (χ3v) is 1.98. The number of rotatable bonds is 2. The van der Waals surface area contributed by atoms with Crippen molar-refractivity contribution < 1.29 is 9.95 Å². The topological polar surface area (TPSA) is 23.2 Å². The predicted molar refractivity (Wildman–Crippen MR) is 53.1 cm³/mol. The molecule has 0 aliphatic rings. The number of benzene rings is 1. The lowest BCUT2D eigenvalue weighted by molar-refractivity contribution is -0.706. The van der Waals surface area contributed by atoms with Gasteiger partial charge in [-0.2, -0.15) is 0 Å². The zero-order valence-electron chi connectivity index (χ0n) is 6.50. The van der Waals surface area contributed by atoms with Crippen LogP contribution in [0.2, 0.25) is 0 Å². The second-order valence-electron chi connectivity index (χ2n) is 2.31. The Kier molecular flexibility index (Phi) is 2.65. The van der Waals surface area contributed by atoms with Crippen molar-refractivity contribution in [3.8, 4) is 0 Å². The minimum absolute atomic E-state index is 0.633. The molecule has 0 amide bonds. The molecule has 0 unspecified atom stereocenters. The van der Waals surface area contributed by atoms with Gasteiger partial charge in [-0.1, -0.05) is 28.6 Å². The Bertz CT molecular complexity index is 333. The molecular weight excluding hydrogens is 218 g/mol. The van der Waals surface area contributed by atoms with Gasteiger partial charge in [0.1, 0.15) is 0 Å². The van der Waals surface area contributed by atoms with Crippen LogP contribution in [-0.2, 0) is 0 Å². The summed E-state index contributed by atoms with van der Waals surface area (Å²) in [6.07, 6.45) is 1.66. The summed E-state index contributed by atoms with van der Waals surface area (Å²) in [5, 5.41) is 9.09. The molecule has 2 nitrogen and oxygen atoms in total. The fourth-order valence-corrected chi connectivity index (χ4v) is 1.30. The number of halogens is 1. The molecule has 0 saturated heterocycles. The smallest absolute Gasteiger partial charge is 0.263 e. The molecule has 1 aromatic rings. The zero-order valence-corrected chi connectivity index (χ0v) is 8.08. The molecule has 62 valence electrons. The lowest BCUT2D eigenvalue weighted by Gasteiger charge is -1.97. The molecule has 0 spiro atoms. The maximum Gasteiger partial charge on any atom is 0.263 e. The second-order valence-corrected chi connectivity index (χ2v) is 3.22. The monoisotopic (exact) mass is 226 g/mol. The van der Waals surface area contributed by atoms with Crippen molar-refractivity contribution in [1.82, 2.24) is 0 Å². The van der Waals surface area contributed by atoms with Crippen molar-refractivity contribution in [2.24, 2.45) is 0 Å². The summed E-state index contributed by atoms with van der Waals surface area (Å²) in [6, 6.07) is 5.45. The lowest BCUT2D eigenvalue weighted by atomic mass is 10.2. The summed E-state index contributed by atoms with van der Waals surface area (Å²) in [6.45, 7) is 7.00. The van der Waals surface area contributed by atoms with Gasteiger partial charge in [0.25, 0.3) is 5.69 Å². The van der Waals surface area contributed by atoms with Crippen LogP contribution in [0.5, 0.6) is 0 Å². The highest BCUT2D eigenvalue weighted by atomic mass is 79.9. The number of nitrogens with zero attached hydrogens (tertiary/aromatic N) is 1. The average Bonchev–Trinajstić information content (AvgIpc) is 2.03. The summed E-state index contributed by atoms with van der Waals surface area (Å²) in [5.74, 6) is 0. The molecule has 0 aliphatic carbocycles. The van der Waals surface area contributed by atoms with Crippen LogP contribution >= 0.6 is 15.9 Å². The van der Waals surface area contributed by atoms with E-state index in [-0.39, 0.29) is 0 Å². The molecule has 12 heavy (non-hydrogen) atoms. The summed E-state index contributed by atoms with van der Waals surface area (Å²) >= 11 is 3.32. The van der Waals surface area contributed by atoms with Crippen molar-refractivity contribution in [3.05, 3.63) is 34.8 Å². The zero-order chi connectivity index (χ0) is 9.14. The van der Waals surface area contributed by atoms with Crippen molar-refractivity contribution in [1.29, 1.82) is 0 Å². The molecule has 0 heterocycles. The van der Waals surface area contributed by atoms with E-state index in [0.717, 1.165) is 14.8 Å². The van der Waals surface area contributed by atoms with E-state index < -0.39 is 0 Å². The third kappa shape index (κ3) is 1.74. The van der Waals surface area contributed by atoms with Crippen LogP contribution in [0.25, 0.3) is 6.08 Å². The Balaban J connectivity index is 3.29. The van der Waals surface area contributed by atoms with Gasteiger partial charge >= 0.3 is 0 Å². The Morgan fingerprint density at radius 1 is 1.50 bits per heavy atom. The molecule has 0 aromatic heterocycles. The number of hydrogen-bond donors (Lipinski definition) is 1. The molecule has 0 saturated carbocycles. The largest absolute Gasteiger partial charge is 0.285 e. The number of hydrogen-bond acceptors (Lipinski definition) is 1. The standard InChI is InChI=1S/C9H9BrNO/c1-3-7-6-8(10)4-5-9(7)11(2)12/h3-6,12H,1-2H2/q+1. The molecule has 1 N–H and O–H groups in total. The molecule has 0 radical (unpaired) electrons. The molecule has 1 rings (SSSR count). The summed E-state index contributed by atoms with van der Waals surface area (Å²) < 4.78 is 1.77. The predicted octanol–water partition coefficient (Wildman–Crippen LogP) is 2.83. The molecule has 1 aromatic carbocycles. The SMILES string of the molecule is C=Cc1cc(Br)ccc1[N+](=C)O. The van der Waals surface area contributed by atoms with Gasteiger partial charge in [-0.15, -0.1) is 0 Å². The first-order valence-electron chi connectivity index (χ1n) is 3.36. The van der Waals surface area contributed by atoms with E-state index in [1.54, 1.807) is 12.1 Å². The van der Waals surface area contributed by atoms with Gasteiger partial charge in [0.15, 0.2) is 6.72 Å². The fourth-order valence-electron chi connectivity index (χ4n) is 0.924. The van der Waals surface area contributed by atoms with Gasteiger partial charge < -0.3 is 0 Å². The maximum absolute atomic E-state index is 9.09. The van der Waals surface area contributed by atoms with Gasteiger partial charge in [0, 0.05) is 15.3 Å². The minimum atomic E-state index is 0.633. The van der Waals surface area contributed by atoms with Crippen molar-refractivity contribution in [2.45, 2.75) is 0 Å². The quantitative estimate of drug-likeness (QED) is 0.357. The van der Waals surface area contributed by atoms with Crippen molar-refractivity contribution >= 4 is 34.4 Å². The van der Waals surface area contributed by atoms with Crippen molar-refractivity contribution in [2.75, 3.05) is 0 Å². The summed E-state index contributed by atoms with van der Waals surface area (Å²) in [5.41, 5.74) is 1.47. The summed E-state index contributed by atoms with van der Waals surface area (Å²) in [7, 11) is 0. The van der Waals surface area contributed by atoms with Crippen LogP contribution in [0.15, 0.2) is 29.3 Å². The first-order chi connectivity index (χ1) is 5.65. The normalized spacial score (nSPS) is 9.42. The molecule has 0 atom stereocenters. The van der Waals surface area contributed by atoms with Crippen LogP contribution in [0.1, 0.15) is 5.56 Å². The molecular formula is C9H9BrNO+. The van der Waals surface area contributed by atoms with Crippen LogP contribution in [-0.4, -0.2) is 16.7 Å². The Morgan fingerprint density at radius 2 is 2.17 bits per heavy atom. The average molecular weight is 227 g/mol. The molecule has 0 bridgehead atoms. The van der Waals surface area contributed by atoms with Crippen LogP contribution in [0, 0.1) is 0 Å². The molecule has 0 aliphatic heterocycles. The van der Waals surface area contributed by atoms with E-state index >= 15 is 0 Å². The second kappa shape index (κ2) is 3.54. The Hall–Kier alpha value is -1.09. The fraction of sp³-hybridized carbons (Fsp3) is 0. The van der Waals surface area contributed by atoms with Gasteiger partial charge in [-0.05, 0) is 12.1 Å². The van der Waals surface area contributed by atoms with Gasteiger partial charge in [0.05, 0.1) is 5.56 Å². The Labute approximate surface area is 79.6 Å². The molecule has 3 heteroatoms. The first-order valence-corrected chi connectivity index (χ1v) is 4.16. The van der Waals surface area contributed by atoms with E-state index in [0.29, 0.717) is 5.69 Å². The van der Waals surface area contributed by atoms with Gasteiger partial charge in [0.2, 0.25) is 0 Å². The summed E-state index contributed by atoms with van der Waals surface area (Å²) in [4.78, 5) is 0. The van der Waals surface area contributed by atoms with E-state index in [1.165, 1.54) is 0 Å². The van der Waals surface area contributed by atoms with E-state index in [4.69, 9.17) is 5.21 Å². The minimum Gasteiger partial charge on any atom is -0.285 e. The Morgan fingerprint density at radius 3 is 2.67 bits per heavy atom. The maximum atomic E-state index is 9.09. The van der Waals surface area contributed by atoms with Crippen LogP contribution < -0.4 is 0 Å². The van der Waals surface area contributed by atoms with Crippen molar-refractivity contribution in [3.63, 3.8) is 0 Å². The van der Waals surface area contributed by atoms with E-state index in [2.05, 4.69) is 29.2 Å². The van der Waals surface area contributed by atoms with E-state index in [9.17, 15) is 0 Å². The first kappa shape index (κ1) is 9.00. The molecule has 0 fully saturated rings. The van der Waals surface area contributed by atoms with Crippen LogP contribution in [0.3, 0.4) is 0 Å². The highest BCUT2D eigenvalue weighted by molar-refractivity contribution is 9.10.